The van der Waals surface area contributed by atoms with Gasteiger partial charge in [0.2, 0.25) is 0 Å². The standard InChI is InChI=1S/C20H25NS/c1-19(2)17-12-7-8-13-18(17)20(22-19,14-9-15-21-3)16-10-5-4-6-11-16/h4-8,10-13,21H,9,14-15H2,1-3H3/p+1/t20-/m1/s1. The first-order valence-corrected chi connectivity index (χ1v) is 9.05. The van der Waals surface area contributed by atoms with Crippen molar-refractivity contribution in [2.45, 2.75) is 36.2 Å². The van der Waals surface area contributed by atoms with Crippen LogP contribution in [0.3, 0.4) is 0 Å². The number of hydrogen-bond donors (Lipinski definition) is 1. The number of fused-ring (bicyclic) bond motifs is 1. The first kappa shape index (κ1) is 15.6. The highest BCUT2D eigenvalue weighted by atomic mass is 32.2. The molecule has 0 radical (unpaired) electrons. The monoisotopic (exact) mass is 312 g/mol. The van der Waals surface area contributed by atoms with Crippen LogP contribution < -0.4 is 5.32 Å². The molecule has 1 aliphatic heterocycles. The molecular weight excluding hydrogens is 286 g/mol. The van der Waals surface area contributed by atoms with Crippen molar-refractivity contribution < 1.29 is 5.32 Å². The van der Waals surface area contributed by atoms with Crippen molar-refractivity contribution in [1.29, 1.82) is 0 Å². The lowest BCUT2D eigenvalue weighted by Crippen LogP contribution is -2.79. The Kier molecular flexibility index (Phi) is 4.33. The van der Waals surface area contributed by atoms with E-state index in [2.05, 4.69) is 92.6 Å². The lowest BCUT2D eigenvalue weighted by Gasteiger charge is -2.32. The minimum atomic E-state index is 0.102. The second kappa shape index (κ2) is 6.10. The van der Waals surface area contributed by atoms with E-state index < -0.39 is 0 Å². The topological polar surface area (TPSA) is 16.6 Å². The van der Waals surface area contributed by atoms with Crippen molar-refractivity contribution in [1.82, 2.24) is 0 Å². The van der Waals surface area contributed by atoms with Gasteiger partial charge in [0.05, 0.1) is 18.3 Å². The molecule has 2 aromatic carbocycles. The van der Waals surface area contributed by atoms with Gasteiger partial charge in [-0.2, -0.15) is 0 Å². The van der Waals surface area contributed by atoms with Crippen molar-refractivity contribution in [3.8, 4) is 0 Å². The van der Waals surface area contributed by atoms with Gasteiger partial charge >= 0.3 is 0 Å². The first-order chi connectivity index (χ1) is 10.6. The Morgan fingerprint density at radius 1 is 0.909 bits per heavy atom. The van der Waals surface area contributed by atoms with Gasteiger partial charge < -0.3 is 5.32 Å². The summed E-state index contributed by atoms with van der Waals surface area (Å²) >= 11 is 2.13. The van der Waals surface area contributed by atoms with Gasteiger partial charge in [0.15, 0.2) is 0 Å². The van der Waals surface area contributed by atoms with Crippen LogP contribution in [0.5, 0.6) is 0 Å². The molecule has 0 unspecified atom stereocenters. The minimum absolute atomic E-state index is 0.102. The van der Waals surface area contributed by atoms with Crippen LogP contribution in [-0.4, -0.2) is 13.6 Å². The molecule has 1 atom stereocenters. The second-order valence-electron chi connectivity index (χ2n) is 6.65. The predicted molar refractivity (Wildman–Crippen MR) is 96.2 cm³/mol. The number of thioether (sulfide) groups is 1. The van der Waals surface area contributed by atoms with Gasteiger partial charge in [-0.3, -0.25) is 0 Å². The highest BCUT2D eigenvalue weighted by Gasteiger charge is 2.48. The van der Waals surface area contributed by atoms with E-state index in [1.807, 2.05) is 0 Å². The Labute approximate surface area is 138 Å². The SMILES string of the molecule is C[NH2+]CCC[C@]1(c2ccccc2)SC(C)(C)c2ccccc21. The average molecular weight is 313 g/mol. The van der Waals surface area contributed by atoms with E-state index in [0.29, 0.717) is 0 Å². The molecule has 0 amide bonds. The van der Waals surface area contributed by atoms with Gasteiger partial charge in [0.25, 0.3) is 0 Å². The molecular formula is C20H26NS+. The maximum absolute atomic E-state index is 2.37. The molecule has 22 heavy (non-hydrogen) atoms. The first-order valence-electron chi connectivity index (χ1n) is 8.24. The number of benzene rings is 2. The van der Waals surface area contributed by atoms with Crippen molar-refractivity contribution in [3.05, 3.63) is 71.3 Å². The van der Waals surface area contributed by atoms with Crippen molar-refractivity contribution in [2.75, 3.05) is 13.6 Å². The Balaban J connectivity index is 2.12. The number of rotatable bonds is 5. The van der Waals surface area contributed by atoms with Gasteiger partial charge in [-0.15, -0.1) is 11.8 Å². The largest absolute Gasteiger partial charge is 0.349 e. The summed E-state index contributed by atoms with van der Waals surface area (Å²) in [5, 5.41) is 2.29. The second-order valence-corrected chi connectivity index (χ2v) is 8.57. The molecule has 1 nitrogen and oxygen atoms in total. The van der Waals surface area contributed by atoms with Gasteiger partial charge in [-0.05, 0) is 43.4 Å². The maximum atomic E-state index is 2.37. The summed E-state index contributed by atoms with van der Waals surface area (Å²) < 4.78 is 0.271. The third kappa shape index (κ3) is 2.59. The minimum Gasteiger partial charge on any atom is -0.349 e. The van der Waals surface area contributed by atoms with E-state index in [1.165, 1.54) is 36.1 Å². The van der Waals surface area contributed by atoms with Crippen LogP contribution >= 0.6 is 11.8 Å². The van der Waals surface area contributed by atoms with Crippen LogP contribution in [0.15, 0.2) is 54.6 Å². The molecule has 0 saturated heterocycles. The quantitative estimate of drug-likeness (QED) is 0.829. The fourth-order valence-electron chi connectivity index (χ4n) is 3.71. The van der Waals surface area contributed by atoms with Crippen molar-refractivity contribution >= 4 is 11.8 Å². The van der Waals surface area contributed by atoms with Gasteiger partial charge in [-0.25, -0.2) is 0 Å². The lowest BCUT2D eigenvalue weighted by atomic mass is 9.82. The zero-order valence-corrected chi connectivity index (χ0v) is 14.6. The van der Waals surface area contributed by atoms with Crippen molar-refractivity contribution in [3.63, 3.8) is 0 Å². The lowest BCUT2D eigenvalue weighted by molar-refractivity contribution is -0.627. The van der Waals surface area contributed by atoms with Crippen LogP contribution in [0.25, 0.3) is 0 Å². The fraction of sp³-hybridized carbons (Fsp3) is 0.400. The molecule has 0 aromatic heterocycles. The predicted octanol–water partition coefficient (Wildman–Crippen LogP) is 3.89. The molecule has 0 bridgehead atoms. The summed E-state index contributed by atoms with van der Waals surface area (Å²) in [4.78, 5) is 0. The Hall–Kier alpha value is -1.25. The summed E-state index contributed by atoms with van der Waals surface area (Å²) in [6, 6.07) is 20.1. The summed E-state index contributed by atoms with van der Waals surface area (Å²) in [5.41, 5.74) is 4.48. The molecule has 0 saturated carbocycles. The summed E-state index contributed by atoms with van der Waals surface area (Å²) in [6.07, 6.45) is 2.44. The van der Waals surface area contributed by atoms with Gasteiger partial charge in [0.1, 0.15) is 0 Å². The van der Waals surface area contributed by atoms with Crippen LogP contribution in [0.2, 0.25) is 0 Å². The molecule has 2 heteroatoms. The van der Waals surface area contributed by atoms with Crippen molar-refractivity contribution in [2.24, 2.45) is 0 Å². The average Bonchev–Trinajstić information content (AvgIpc) is 2.78. The Morgan fingerprint density at radius 3 is 2.23 bits per heavy atom. The van der Waals surface area contributed by atoms with E-state index in [1.54, 1.807) is 0 Å². The normalized spacial score (nSPS) is 22.5. The summed E-state index contributed by atoms with van der Waals surface area (Å²) in [7, 11) is 2.16. The third-order valence-corrected chi connectivity index (χ3v) is 6.44. The molecule has 0 aliphatic carbocycles. The van der Waals surface area contributed by atoms with Crippen LogP contribution in [0.4, 0.5) is 0 Å². The molecule has 1 aliphatic rings. The smallest absolute Gasteiger partial charge is 0.0754 e. The van der Waals surface area contributed by atoms with E-state index in [4.69, 9.17) is 0 Å². The molecule has 2 N–H and O–H groups in total. The summed E-state index contributed by atoms with van der Waals surface area (Å²) in [5.74, 6) is 0. The Morgan fingerprint density at radius 2 is 1.55 bits per heavy atom. The zero-order chi connectivity index (χ0) is 15.6. The number of nitrogens with two attached hydrogens (primary N) is 1. The molecule has 116 valence electrons. The van der Waals surface area contributed by atoms with Crippen LogP contribution in [-0.2, 0) is 9.49 Å². The van der Waals surface area contributed by atoms with Gasteiger partial charge in [0, 0.05) is 4.75 Å². The van der Waals surface area contributed by atoms with Crippen LogP contribution in [0, 0.1) is 0 Å². The molecule has 3 rings (SSSR count). The van der Waals surface area contributed by atoms with E-state index >= 15 is 0 Å². The fourth-order valence-corrected chi connectivity index (χ4v) is 5.66. The Bertz CT molecular complexity index is 635. The number of quaternary nitrogens is 1. The third-order valence-electron chi connectivity index (χ3n) is 4.70. The molecule has 0 fully saturated rings. The number of hydrogen-bond acceptors (Lipinski definition) is 1. The summed E-state index contributed by atoms with van der Waals surface area (Å²) in [6.45, 7) is 5.93. The highest BCUT2D eigenvalue weighted by molar-refractivity contribution is 8.01. The van der Waals surface area contributed by atoms with Gasteiger partial charge in [-0.1, -0.05) is 54.6 Å². The molecule has 2 aromatic rings. The zero-order valence-electron chi connectivity index (χ0n) is 13.8. The van der Waals surface area contributed by atoms with E-state index in [-0.39, 0.29) is 9.49 Å². The van der Waals surface area contributed by atoms with E-state index in [0.717, 1.165) is 0 Å². The highest BCUT2D eigenvalue weighted by Crippen LogP contribution is 2.62. The van der Waals surface area contributed by atoms with Crippen LogP contribution in [0.1, 0.15) is 43.4 Å². The molecule has 0 spiro atoms. The maximum Gasteiger partial charge on any atom is 0.0754 e. The van der Waals surface area contributed by atoms with E-state index in [9.17, 15) is 0 Å². The molecule has 1 heterocycles.